The fourth-order valence-electron chi connectivity index (χ4n) is 2.42. The van der Waals surface area contributed by atoms with Crippen LogP contribution in [-0.4, -0.2) is 26.9 Å². The Labute approximate surface area is 146 Å². The zero-order valence-corrected chi connectivity index (χ0v) is 14.1. The molecule has 0 fully saturated rings. The second-order valence-corrected chi connectivity index (χ2v) is 6.86. The maximum absolute atomic E-state index is 13.6. The lowest BCUT2D eigenvalue weighted by Crippen LogP contribution is -2.31. The number of hydrogen-bond acceptors (Lipinski definition) is 3. The van der Waals surface area contributed by atoms with Gasteiger partial charge in [0.2, 0.25) is 0 Å². The van der Waals surface area contributed by atoms with Crippen molar-refractivity contribution in [3.05, 3.63) is 65.6 Å². The summed E-state index contributed by atoms with van der Waals surface area (Å²) in [4.78, 5) is 4.80. The van der Waals surface area contributed by atoms with Crippen molar-refractivity contribution >= 4 is 29.2 Å². The zero-order valence-electron chi connectivity index (χ0n) is 12.5. The third-order valence-electron chi connectivity index (χ3n) is 3.47. The Kier molecular flexibility index (Phi) is 4.76. The number of alkyl halides is 3. The summed E-state index contributed by atoms with van der Waals surface area (Å²) < 4.78 is 43.6. The number of aromatic nitrogens is 2. The number of halogens is 4. The Balaban J connectivity index is 1.88. The van der Waals surface area contributed by atoms with Crippen LogP contribution in [0.1, 0.15) is 11.6 Å². The van der Waals surface area contributed by atoms with E-state index in [2.05, 4.69) is 4.98 Å². The summed E-state index contributed by atoms with van der Waals surface area (Å²) >= 11 is 6.80. The number of pyridine rings is 1. The van der Waals surface area contributed by atoms with Crippen LogP contribution in [0.25, 0.3) is 5.65 Å². The SMILES string of the molecule is CN(Sc1ccc2nccn2c1)[C@H](c1ccc(Cl)cc1)C(F)(F)F. The number of hydrogen-bond donors (Lipinski definition) is 0. The third kappa shape index (κ3) is 3.68. The maximum Gasteiger partial charge on any atom is 0.408 e. The molecule has 0 saturated carbocycles. The molecule has 0 spiro atoms. The molecule has 2 heterocycles. The molecule has 0 aliphatic carbocycles. The van der Waals surface area contributed by atoms with Gasteiger partial charge in [0.25, 0.3) is 0 Å². The Hall–Kier alpha value is -1.70. The van der Waals surface area contributed by atoms with Gasteiger partial charge in [0.05, 0.1) is 0 Å². The van der Waals surface area contributed by atoms with Gasteiger partial charge >= 0.3 is 6.18 Å². The summed E-state index contributed by atoms with van der Waals surface area (Å²) in [6.07, 6.45) is 0.729. The van der Waals surface area contributed by atoms with E-state index in [0.717, 1.165) is 17.6 Å². The number of fused-ring (bicyclic) bond motifs is 1. The average Bonchev–Trinajstić information content (AvgIpc) is 2.95. The molecule has 3 nitrogen and oxygen atoms in total. The number of imidazole rings is 1. The monoisotopic (exact) mass is 371 g/mol. The standard InChI is InChI=1S/C16H13ClF3N3S/c1-22(24-13-6-7-14-21-8-9-23(14)10-13)15(16(18,19)20)11-2-4-12(17)5-3-11/h2-10,15H,1H3/t15-/m1/s1. The summed E-state index contributed by atoms with van der Waals surface area (Å²) in [5, 5.41) is 0.403. The van der Waals surface area contributed by atoms with Gasteiger partial charge in [-0.2, -0.15) is 13.2 Å². The minimum atomic E-state index is -4.41. The maximum atomic E-state index is 13.6. The molecule has 1 aromatic carbocycles. The van der Waals surface area contributed by atoms with Gasteiger partial charge in [0, 0.05) is 28.5 Å². The van der Waals surface area contributed by atoms with Crippen LogP contribution in [0.4, 0.5) is 13.2 Å². The van der Waals surface area contributed by atoms with E-state index in [9.17, 15) is 13.2 Å². The highest BCUT2D eigenvalue weighted by Gasteiger charge is 2.44. The first-order valence-electron chi connectivity index (χ1n) is 7.00. The van der Waals surface area contributed by atoms with Crippen molar-refractivity contribution in [3.8, 4) is 0 Å². The minimum Gasteiger partial charge on any atom is -0.306 e. The van der Waals surface area contributed by atoms with Crippen LogP contribution in [0.2, 0.25) is 5.02 Å². The average molecular weight is 372 g/mol. The lowest BCUT2D eigenvalue weighted by Gasteiger charge is -2.29. The van der Waals surface area contributed by atoms with Crippen molar-refractivity contribution in [2.24, 2.45) is 0 Å². The quantitative estimate of drug-likeness (QED) is 0.586. The van der Waals surface area contributed by atoms with Crippen LogP contribution >= 0.6 is 23.5 Å². The lowest BCUT2D eigenvalue weighted by atomic mass is 10.1. The normalized spacial score (nSPS) is 13.6. The molecule has 0 amide bonds. The molecule has 24 heavy (non-hydrogen) atoms. The van der Waals surface area contributed by atoms with Gasteiger partial charge in [-0.1, -0.05) is 23.7 Å². The van der Waals surface area contributed by atoms with E-state index < -0.39 is 12.2 Å². The van der Waals surface area contributed by atoms with Gasteiger partial charge < -0.3 is 4.40 Å². The molecule has 0 radical (unpaired) electrons. The summed E-state index contributed by atoms with van der Waals surface area (Å²) in [6.45, 7) is 0. The molecule has 0 bridgehead atoms. The summed E-state index contributed by atoms with van der Waals surface area (Å²) in [5.41, 5.74) is 0.887. The largest absolute Gasteiger partial charge is 0.408 e. The molecule has 0 aliphatic heterocycles. The van der Waals surface area contributed by atoms with Crippen molar-refractivity contribution in [1.29, 1.82) is 0 Å². The lowest BCUT2D eigenvalue weighted by molar-refractivity contribution is -0.169. The highest BCUT2D eigenvalue weighted by Crippen LogP contribution is 2.41. The van der Waals surface area contributed by atoms with E-state index in [0.29, 0.717) is 9.92 Å². The number of rotatable bonds is 4. The van der Waals surface area contributed by atoms with Crippen LogP contribution < -0.4 is 0 Å². The molecule has 8 heteroatoms. The van der Waals surface area contributed by atoms with Gasteiger partial charge in [-0.3, -0.25) is 0 Å². The van der Waals surface area contributed by atoms with Crippen LogP contribution in [-0.2, 0) is 0 Å². The van der Waals surface area contributed by atoms with Gasteiger partial charge in [-0.05, 0) is 48.8 Å². The fourth-order valence-corrected chi connectivity index (χ4v) is 3.52. The molecule has 0 unspecified atom stereocenters. The molecule has 1 atom stereocenters. The highest BCUT2D eigenvalue weighted by molar-refractivity contribution is 7.97. The second-order valence-electron chi connectivity index (χ2n) is 5.19. The summed E-state index contributed by atoms with van der Waals surface area (Å²) in [6, 6.07) is 7.50. The predicted molar refractivity (Wildman–Crippen MR) is 89.1 cm³/mol. The first-order chi connectivity index (χ1) is 11.3. The van der Waals surface area contributed by atoms with Crippen LogP contribution in [0.3, 0.4) is 0 Å². The Bertz CT molecular complexity index is 832. The van der Waals surface area contributed by atoms with Gasteiger partial charge in [-0.25, -0.2) is 9.29 Å². The van der Waals surface area contributed by atoms with Crippen LogP contribution in [0.5, 0.6) is 0 Å². The molecular weight excluding hydrogens is 359 g/mol. The van der Waals surface area contributed by atoms with Gasteiger partial charge in [0.15, 0.2) is 0 Å². The summed E-state index contributed by atoms with van der Waals surface area (Å²) in [7, 11) is 1.43. The molecular formula is C16H13ClF3N3S. The van der Waals surface area contributed by atoms with Crippen LogP contribution in [0, 0.1) is 0 Å². The smallest absolute Gasteiger partial charge is 0.306 e. The third-order valence-corrected chi connectivity index (χ3v) is 4.67. The molecule has 0 saturated heterocycles. The molecule has 3 aromatic rings. The Morgan fingerprint density at radius 3 is 2.54 bits per heavy atom. The highest BCUT2D eigenvalue weighted by atomic mass is 35.5. The van der Waals surface area contributed by atoms with Crippen molar-refractivity contribution in [1.82, 2.24) is 13.7 Å². The summed E-state index contributed by atoms with van der Waals surface area (Å²) in [5.74, 6) is 0. The first-order valence-corrected chi connectivity index (χ1v) is 8.15. The molecule has 2 aromatic heterocycles. The molecule has 3 rings (SSSR count). The van der Waals surface area contributed by atoms with E-state index in [1.54, 1.807) is 35.1 Å². The van der Waals surface area contributed by atoms with E-state index in [4.69, 9.17) is 11.6 Å². The second kappa shape index (κ2) is 6.66. The van der Waals surface area contributed by atoms with Crippen LogP contribution in [0.15, 0.2) is 59.9 Å². The Morgan fingerprint density at radius 2 is 1.88 bits per heavy atom. The van der Waals surface area contributed by atoms with Gasteiger partial charge in [-0.15, -0.1) is 0 Å². The van der Waals surface area contributed by atoms with E-state index >= 15 is 0 Å². The van der Waals surface area contributed by atoms with Crippen molar-refractivity contribution < 1.29 is 13.2 Å². The topological polar surface area (TPSA) is 20.5 Å². The number of nitrogens with zero attached hydrogens (tertiary/aromatic N) is 3. The fraction of sp³-hybridized carbons (Fsp3) is 0.188. The predicted octanol–water partition coefficient (Wildman–Crippen LogP) is 5.23. The number of benzene rings is 1. The molecule has 0 aliphatic rings. The van der Waals surface area contributed by atoms with Crippen molar-refractivity contribution in [2.45, 2.75) is 17.1 Å². The van der Waals surface area contributed by atoms with Crippen molar-refractivity contribution in [3.63, 3.8) is 0 Å². The Morgan fingerprint density at radius 1 is 1.17 bits per heavy atom. The van der Waals surface area contributed by atoms with E-state index in [-0.39, 0.29) is 5.56 Å². The molecule has 0 N–H and O–H groups in total. The van der Waals surface area contributed by atoms with E-state index in [1.807, 2.05) is 0 Å². The van der Waals surface area contributed by atoms with Crippen molar-refractivity contribution in [2.75, 3.05) is 7.05 Å². The molecule has 126 valence electrons. The first kappa shape index (κ1) is 17.1. The zero-order chi connectivity index (χ0) is 17.3. The minimum absolute atomic E-state index is 0.144. The van der Waals surface area contributed by atoms with Gasteiger partial charge in [0.1, 0.15) is 11.7 Å². The van der Waals surface area contributed by atoms with E-state index in [1.165, 1.54) is 35.6 Å².